The van der Waals surface area contributed by atoms with Gasteiger partial charge in [0, 0.05) is 31.7 Å². The number of carbonyl (C=O) groups is 2. The Kier molecular flexibility index (Phi) is 5.03. The van der Waals surface area contributed by atoms with Gasteiger partial charge in [-0.25, -0.2) is 0 Å². The number of amides is 2. The average Bonchev–Trinajstić information content (AvgIpc) is 2.46. The van der Waals surface area contributed by atoms with Gasteiger partial charge in [0.1, 0.15) is 5.75 Å². The van der Waals surface area contributed by atoms with E-state index in [1.54, 1.807) is 29.2 Å². The number of nitrogen functional groups attached to an aromatic ring is 1. The fourth-order valence-corrected chi connectivity index (χ4v) is 2.36. The first kappa shape index (κ1) is 15.2. The number of nitrogens with one attached hydrogen (secondary N) is 1. The number of likely N-dealkylation sites (tertiary alicyclic amines) is 1. The fourth-order valence-electron chi connectivity index (χ4n) is 2.36. The highest BCUT2D eigenvalue weighted by Crippen LogP contribution is 2.14. The lowest BCUT2D eigenvalue weighted by molar-refractivity contribution is -0.134. The smallest absolute Gasteiger partial charge is 0.260 e. The number of hydrogen-bond donors (Lipinski definition) is 2. The van der Waals surface area contributed by atoms with Gasteiger partial charge in [0.15, 0.2) is 6.61 Å². The summed E-state index contributed by atoms with van der Waals surface area (Å²) in [6.07, 6.45) is 1.57. The number of rotatable bonds is 4. The third-order valence-electron chi connectivity index (χ3n) is 3.50. The lowest BCUT2D eigenvalue weighted by Crippen LogP contribution is -2.47. The van der Waals surface area contributed by atoms with Crippen LogP contribution in [0.3, 0.4) is 0 Å². The molecular formula is C15H21N3O3. The number of nitrogens with two attached hydrogens (primary N) is 1. The second kappa shape index (κ2) is 6.97. The van der Waals surface area contributed by atoms with Crippen LogP contribution in [0.5, 0.6) is 5.75 Å². The molecule has 2 amide bonds. The van der Waals surface area contributed by atoms with Gasteiger partial charge in [-0.1, -0.05) is 0 Å². The van der Waals surface area contributed by atoms with Crippen molar-refractivity contribution in [3.05, 3.63) is 24.3 Å². The summed E-state index contributed by atoms with van der Waals surface area (Å²) in [6, 6.07) is 7.12. The molecule has 2 rings (SSSR count). The van der Waals surface area contributed by atoms with E-state index in [1.807, 2.05) is 0 Å². The zero-order valence-electron chi connectivity index (χ0n) is 12.2. The van der Waals surface area contributed by atoms with E-state index in [1.165, 1.54) is 6.92 Å². The fraction of sp³-hybridized carbons (Fsp3) is 0.467. The highest BCUT2D eigenvalue weighted by molar-refractivity contribution is 5.78. The van der Waals surface area contributed by atoms with Crippen LogP contribution in [0.2, 0.25) is 0 Å². The zero-order chi connectivity index (χ0) is 15.2. The standard InChI is InChI=1S/C15H21N3O3/c1-11(19)17-13-6-8-18(9-7-13)15(20)10-21-14-4-2-12(16)3-5-14/h2-5,13H,6-10,16H2,1H3,(H,17,19). The molecule has 0 bridgehead atoms. The van der Waals surface area contributed by atoms with Crippen LogP contribution in [0.25, 0.3) is 0 Å². The van der Waals surface area contributed by atoms with E-state index in [0.717, 1.165) is 12.8 Å². The number of ether oxygens (including phenoxy) is 1. The summed E-state index contributed by atoms with van der Waals surface area (Å²) >= 11 is 0. The van der Waals surface area contributed by atoms with Gasteiger partial charge in [0.05, 0.1) is 0 Å². The molecule has 1 fully saturated rings. The van der Waals surface area contributed by atoms with Crippen molar-refractivity contribution >= 4 is 17.5 Å². The molecular weight excluding hydrogens is 270 g/mol. The summed E-state index contributed by atoms with van der Waals surface area (Å²) in [4.78, 5) is 24.8. The van der Waals surface area contributed by atoms with Crippen LogP contribution >= 0.6 is 0 Å². The van der Waals surface area contributed by atoms with Crippen LogP contribution < -0.4 is 15.8 Å². The predicted molar refractivity (Wildman–Crippen MR) is 79.8 cm³/mol. The van der Waals surface area contributed by atoms with E-state index in [9.17, 15) is 9.59 Å². The van der Waals surface area contributed by atoms with Crippen LogP contribution in [0.15, 0.2) is 24.3 Å². The summed E-state index contributed by atoms with van der Waals surface area (Å²) in [7, 11) is 0. The largest absolute Gasteiger partial charge is 0.484 e. The Labute approximate surface area is 124 Å². The molecule has 114 valence electrons. The minimum absolute atomic E-state index is 0.0218. The summed E-state index contributed by atoms with van der Waals surface area (Å²) in [6.45, 7) is 2.83. The Morgan fingerprint density at radius 1 is 1.29 bits per heavy atom. The van der Waals surface area contributed by atoms with Gasteiger partial charge in [-0.2, -0.15) is 0 Å². The normalized spacial score (nSPS) is 15.6. The maximum atomic E-state index is 12.1. The minimum atomic E-state index is -0.0342. The topological polar surface area (TPSA) is 84.7 Å². The molecule has 0 radical (unpaired) electrons. The van der Waals surface area contributed by atoms with E-state index in [2.05, 4.69) is 5.32 Å². The molecule has 1 heterocycles. The van der Waals surface area contributed by atoms with Crippen LogP contribution in [-0.4, -0.2) is 42.5 Å². The first-order valence-electron chi connectivity index (χ1n) is 7.08. The van der Waals surface area contributed by atoms with Gasteiger partial charge in [-0.15, -0.1) is 0 Å². The molecule has 1 aliphatic rings. The number of benzene rings is 1. The maximum Gasteiger partial charge on any atom is 0.260 e. The Balaban J connectivity index is 1.74. The van der Waals surface area contributed by atoms with Crippen molar-refractivity contribution in [1.82, 2.24) is 10.2 Å². The molecule has 1 aliphatic heterocycles. The Bertz CT molecular complexity index is 493. The molecule has 6 heteroatoms. The van der Waals surface area contributed by atoms with Crippen molar-refractivity contribution < 1.29 is 14.3 Å². The molecule has 6 nitrogen and oxygen atoms in total. The van der Waals surface area contributed by atoms with Gasteiger partial charge in [-0.3, -0.25) is 9.59 Å². The monoisotopic (exact) mass is 291 g/mol. The highest BCUT2D eigenvalue weighted by atomic mass is 16.5. The lowest BCUT2D eigenvalue weighted by Gasteiger charge is -2.32. The molecule has 0 spiro atoms. The molecule has 3 N–H and O–H groups in total. The third kappa shape index (κ3) is 4.66. The SMILES string of the molecule is CC(=O)NC1CCN(C(=O)COc2ccc(N)cc2)CC1. The molecule has 0 atom stereocenters. The second-order valence-electron chi connectivity index (χ2n) is 5.21. The molecule has 21 heavy (non-hydrogen) atoms. The average molecular weight is 291 g/mol. The van der Waals surface area contributed by atoms with Crippen molar-refractivity contribution in [2.45, 2.75) is 25.8 Å². The first-order valence-corrected chi connectivity index (χ1v) is 7.08. The molecule has 1 aromatic rings. The first-order chi connectivity index (χ1) is 10.0. The van der Waals surface area contributed by atoms with E-state index >= 15 is 0 Å². The van der Waals surface area contributed by atoms with Crippen LogP contribution in [0, 0.1) is 0 Å². The lowest BCUT2D eigenvalue weighted by atomic mass is 10.1. The predicted octanol–water partition coefficient (Wildman–Crippen LogP) is 0.775. The number of carbonyl (C=O) groups excluding carboxylic acids is 2. The van der Waals surface area contributed by atoms with E-state index in [-0.39, 0.29) is 24.5 Å². The van der Waals surface area contributed by atoms with Gasteiger partial charge in [0.2, 0.25) is 5.91 Å². The van der Waals surface area contributed by atoms with Crippen LogP contribution in [-0.2, 0) is 9.59 Å². The second-order valence-corrected chi connectivity index (χ2v) is 5.21. The third-order valence-corrected chi connectivity index (χ3v) is 3.50. The zero-order valence-corrected chi connectivity index (χ0v) is 12.2. The van der Waals surface area contributed by atoms with Crippen molar-refractivity contribution in [2.24, 2.45) is 0 Å². The Morgan fingerprint density at radius 3 is 2.48 bits per heavy atom. The van der Waals surface area contributed by atoms with E-state index in [0.29, 0.717) is 24.5 Å². The molecule has 0 unspecified atom stereocenters. The molecule has 0 aromatic heterocycles. The van der Waals surface area contributed by atoms with Gasteiger partial charge < -0.3 is 20.7 Å². The summed E-state index contributed by atoms with van der Waals surface area (Å²) in [5.74, 6) is 0.574. The number of piperidine rings is 1. The number of hydrogen-bond acceptors (Lipinski definition) is 4. The van der Waals surface area contributed by atoms with Gasteiger partial charge >= 0.3 is 0 Å². The summed E-state index contributed by atoms with van der Waals surface area (Å²) in [5, 5.41) is 2.88. The Morgan fingerprint density at radius 2 is 1.90 bits per heavy atom. The van der Waals surface area contributed by atoms with E-state index in [4.69, 9.17) is 10.5 Å². The number of nitrogens with zero attached hydrogens (tertiary/aromatic N) is 1. The molecule has 1 aromatic carbocycles. The molecule has 0 saturated carbocycles. The van der Waals surface area contributed by atoms with E-state index < -0.39 is 0 Å². The Hall–Kier alpha value is -2.24. The van der Waals surface area contributed by atoms with Gasteiger partial charge in [0.25, 0.3) is 5.91 Å². The van der Waals surface area contributed by atoms with Gasteiger partial charge in [-0.05, 0) is 37.1 Å². The van der Waals surface area contributed by atoms with Crippen LogP contribution in [0.1, 0.15) is 19.8 Å². The maximum absolute atomic E-state index is 12.1. The minimum Gasteiger partial charge on any atom is -0.484 e. The molecule has 1 saturated heterocycles. The van der Waals surface area contributed by atoms with Crippen molar-refractivity contribution in [2.75, 3.05) is 25.4 Å². The van der Waals surface area contributed by atoms with Crippen LogP contribution in [0.4, 0.5) is 5.69 Å². The van der Waals surface area contributed by atoms with Crippen molar-refractivity contribution in [3.8, 4) is 5.75 Å². The highest BCUT2D eigenvalue weighted by Gasteiger charge is 2.23. The quantitative estimate of drug-likeness (QED) is 0.803. The number of anilines is 1. The summed E-state index contributed by atoms with van der Waals surface area (Å²) in [5.41, 5.74) is 6.25. The molecule has 0 aliphatic carbocycles. The van der Waals surface area contributed by atoms with Crippen molar-refractivity contribution in [1.29, 1.82) is 0 Å². The summed E-state index contributed by atoms with van der Waals surface area (Å²) < 4.78 is 5.45. The van der Waals surface area contributed by atoms with Crippen molar-refractivity contribution in [3.63, 3.8) is 0 Å².